The lowest BCUT2D eigenvalue weighted by molar-refractivity contribution is -0.109. The zero-order chi connectivity index (χ0) is 13.5. The van der Waals surface area contributed by atoms with E-state index in [4.69, 9.17) is 0 Å². The number of aromatic hydroxyl groups is 1. The van der Waals surface area contributed by atoms with Crippen LogP contribution in [0.2, 0.25) is 0 Å². The molecule has 0 saturated heterocycles. The molecule has 1 aromatic carbocycles. The Morgan fingerprint density at radius 2 is 2.17 bits per heavy atom. The SMILES string of the molecule is COC(=O)c1ccc(O)c(C=CCSC(C)=O)c1. The maximum absolute atomic E-state index is 11.3. The molecule has 1 rings (SSSR count). The molecule has 0 fully saturated rings. The number of esters is 1. The topological polar surface area (TPSA) is 63.6 Å². The molecule has 1 N–H and O–H groups in total. The van der Waals surface area contributed by atoms with Crippen LogP contribution in [0.5, 0.6) is 5.75 Å². The van der Waals surface area contributed by atoms with E-state index in [9.17, 15) is 14.7 Å². The van der Waals surface area contributed by atoms with Crippen LogP contribution < -0.4 is 0 Å². The third-order valence-electron chi connectivity index (χ3n) is 2.13. The highest BCUT2D eigenvalue weighted by atomic mass is 32.2. The molecule has 5 heteroatoms. The molecule has 96 valence electrons. The van der Waals surface area contributed by atoms with Crippen molar-refractivity contribution < 1.29 is 19.4 Å². The Labute approximate surface area is 110 Å². The summed E-state index contributed by atoms with van der Waals surface area (Å²) in [5.74, 6) is 0.145. The summed E-state index contributed by atoms with van der Waals surface area (Å²) in [4.78, 5) is 22.0. The molecule has 0 aliphatic carbocycles. The molecule has 0 amide bonds. The minimum atomic E-state index is -0.456. The molecule has 0 saturated carbocycles. The lowest BCUT2D eigenvalue weighted by Gasteiger charge is -2.03. The van der Waals surface area contributed by atoms with Crippen LogP contribution in [0, 0.1) is 0 Å². The number of phenolic OH excluding ortho intramolecular Hbond substituents is 1. The number of hydrogen-bond donors (Lipinski definition) is 1. The average Bonchev–Trinajstić information content (AvgIpc) is 2.35. The van der Waals surface area contributed by atoms with Gasteiger partial charge in [-0.25, -0.2) is 4.79 Å². The van der Waals surface area contributed by atoms with Crippen molar-refractivity contribution in [3.8, 4) is 5.75 Å². The Morgan fingerprint density at radius 3 is 2.78 bits per heavy atom. The molecule has 0 aliphatic heterocycles. The van der Waals surface area contributed by atoms with Crippen molar-refractivity contribution in [2.75, 3.05) is 12.9 Å². The van der Waals surface area contributed by atoms with Crippen molar-refractivity contribution in [1.29, 1.82) is 0 Å². The van der Waals surface area contributed by atoms with Gasteiger partial charge in [0.1, 0.15) is 5.75 Å². The second-order valence-corrected chi connectivity index (χ2v) is 4.67. The van der Waals surface area contributed by atoms with Gasteiger partial charge in [-0.05, 0) is 18.2 Å². The van der Waals surface area contributed by atoms with Crippen LogP contribution in [-0.4, -0.2) is 29.1 Å². The monoisotopic (exact) mass is 266 g/mol. The van der Waals surface area contributed by atoms with Crippen molar-refractivity contribution >= 4 is 28.9 Å². The van der Waals surface area contributed by atoms with Crippen LogP contribution in [0.3, 0.4) is 0 Å². The van der Waals surface area contributed by atoms with Crippen molar-refractivity contribution in [3.05, 3.63) is 35.4 Å². The van der Waals surface area contributed by atoms with Crippen molar-refractivity contribution in [2.24, 2.45) is 0 Å². The Balaban J connectivity index is 2.81. The first-order chi connectivity index (χ1) is 8.54. The summed E-state index contributed by atoms with van der Waals surface area (Å²) in [6.07, 6.45) is 3.42. The van der Waals surface area contributed by atoms with Crippen molar-refractivity contribution in [1.82, 2.24) is 0 Å². The average molecular weight is 266 g/mol. The molecule has 0 aromatic heterocycles. The van der Waals surface area contributed by atoms with E-state index in [2.05, 4.69) is 4.74 Å². The standard InChI is InChI=1S/C13H14O4S/c1-9(14)18-7-3-4-10-8-11(13(16)17-2)5-6-12(10)15/h3-6,8,15H,7H2,1-2H3. The molecule has 0 spiro atoms. The molecular formula is C13H14O4S. The van der Waals surface area contributed by atoms with E-state index in [0.29, 0.717) is 16.9 Å². The quantitative estimate of drug-likeness (QED) is 0.848. The van der Waals surface area contributed by atoms with E-state index in [1.54, 1.807) is 12.2 Å². The number of phenols is 1. The normalized spacial score (nSPS) is 10.6. The Kier molecular flexibility index (Phi) is 5.45. The van der Waals surface area contributed by atoms with Crippen LogP contribution in [0.25, 0.3) is 6.08 Å². The fourth-order valence-electron chi connectivity index (χ4n) is 1.27. The number of benzene rings is 1. The maximum Gasteiger partial charge on any atom is 0.337 e. The van der Waals surface area contributed by atoms with Gasteiger partial charge in [0.2, 0.25) is 0 Å². The van der Waals surface area contributed by atoms with E-state index >= 15 is 0 Å². The molecule has 1 aromatic rings. The molecule has 18 heavy (non-hydrogen) atoms. The van der Waals surface area contributed by atoms with Gasteiger partial charge >= 0.3 is 5.97 Å². The predicted molar refractivity (Wildman–Crippen MR) is 71.6 cm³/mol. The van der Waals surface area contributed by atoms with Gasteiger partial charge in [0.05, 0.1) is 12.7 Å². The Bertz CT molecular complexity index is 480. The van der Waals surface area contributed by atoms with Gasteiger partial charge in [0.15, 0.2) is 5.12 Å². The molecular weight excluding hydrogens is 252 g/mol. The van der Waals surface area contributed by atoms with Gasteiger partial charge in [-0.2, -0.15) is 0 Å². The predicted octanol–water partition coefficient (Wildman–Crippen LogP) is 2.47. The summed E-state index contributed by atoms with van der Waals surface area (Å²) in [6, 6.07) is 4.46. The second-order valence-electron chi connectivity index (χ2n) is 3.47. The summed E-state index contributed by atoms with van der Waals surface area (Å²) in [5.41, 5.74) is 0.885. The van der Waals surface area contributed by atoms with Gasteiger partial charge in [0, 0.05) is 18.2 Å². The number of ether oxygens (including phenoxy) is 1. The van der Waals surface area contributed by atoms with E-state index in [-0.39, 0.29) is 10.9 Å². The minimum Gasteiger partial charge on any atom is -0.507 e. The summed E-state index contributed by atoms with van der Waals surface area (Å²) < 4.78 is 4.59. The van der Waals surface area contributed by atoms with Crippen LogP contribution in [-0.2, 0) is 9.53 Å². The van der Waals surface area contributed by atoms with Gasteiger partial charge in [-0.3, -0.25) is 4.79 Å². The van der Waals surface area contributed by atoms with Crippen molar-refractivity contribution in [2.45, 2.75) is 6.92 Å². The maximum atomic E-state index is 11.3. The zero-order valence-electron chi connectivity index (χ0n) is 10.2. The largest absolute Gasteiger partial charge is 0.507 e. The third kappa shape index (κ3) is 4.25. The van der Waals surface area contributed by atoms with Gasteiger partial charge in [0.25, 0.3) is 0 Å². The summed E-state index contributed by atoms with van der Waals surface area (Å²) in [6.45, 7) is 1.49. The fourth-order valence-corrected chi connectivity index (χ4v) is 1.70. The number of rotatable bonds is 4. The first-order valence-corrected chi connectivity index (χ1v) is 6.24. The van der Waals surface area contributed by atoms with Gasteiger partial charge in [-0.15, -0.1) is 0 Å². The molecule has 4 nitrogen and oxygen atoms in total. The van der Waals surface area contributed by atoms with Crippen LogP contribution >= 0.6 is 11.8 Å². The Morgan fingerprint density at radius 1 is 1.44 bits per heavy atom. The lowest BCUT2D eigenvalue weighted by atomic mass is 10.1. The lowest BCUT2D eigenvalue weighted by Crippen LogP contribution is -2.00. The number of thioether (sulfide) groups is 1. The smallest absolute Gasteiger partial charge is 0.337 e. The number of carbonyl (C=O) groups excluding carboxylic acids is 2. The van der Waals surface area contributed by atoms with E-state index < -0.39 is 5.97 Å². The van der Waals surface area contributed by atoms with Crippen LogP contribution in [0.1, 0.15) is 22.8 Å². The third-order valence-corrected chi connectivity index (χ3v) is 2.89. The highest BCUT2D eigenvalue weighted by molar-refractivity contribution is 8.13. The van der Waals surface area contributed by atoms with Crippen molar-refractivity contribution in [3.63, 3.8) is 0 Å². The zero-order valence-corrected chi connectivity index (χ0v) is 11.0. The highest BCUT2D eigenvalue weighted by Gasteiger charge is 2.07. The first-order valence-electron chi connectivity index (χ1n) is 5.26. The second kappa shape index (κ2) is 6.86. The molecule has 0 atom stereocenters. The first kappa shape index (κ1) is 14.3. The molecule has 0 radical (unpaired) electrons. The minimum absolute atomic E-state index is 0.0344. The number of hydrogen-bond acceptors (Lipinski definition) is 5. The Hall–Kier alpha value is -1.75. The van der Waals surface area contributed by atoms with E-state index in [1.165, 1.54) is 44.0 Å². The summed E-state index contributed by atoms with van der Waals surface area (Å²) >= 11 is 1.17. The van der Waals surface area contributed by atoms with Crippen LogP contribution in [0.4, 0.5) is 0 Å². The summed E-state index contributed by atoms with van der Waals surface area (Å²) in [5, 5.41) is 9.66. The number of methoxy groups -OCH3 is 1. The molecule has 0 unspecified atom stereocenters. The molecule has 0 bridgehead atoms. The molecule has 0 aliphatic rings. The van der Waals surface area contributed by atoms with E-state index in [0.717, 1.165) is 0 Å². The van der Waals surface area contributed by atoms with Crippen LogP contribution in [0.15, 0.2) is 24.3 Å². The molecule has 0 heterocycles. The highest BCUT2D eigenvalue weighted by Crippen LogP contribution is 2.20. The fraction of sp³-hybridized carbons (Fsp3) is 0.231. The van der Waals surface area contributed by atoms with Gasteiger partial charge < -0.3 is 9.84 Å². The van der Waals surface area contributed by atoms with E-state index in [1.807, 2.05) is 0 Å². The van der Waals surface area contributed by atoms with Gasteiger partial charge in [-0.1, -0.05) is 23.9 Å². The number of carbonyl (C=O) groups is 2. The summed E-state index contributed by atoms with van der Waals surface area (Å²) in [7, 11) is 1.30.